The summed E-state index contributed by atoms with van der Waals surface area (Å²) in [6.07, 6.45) is 0. The first kappa shape index (κ1) is 8.23. The van der Waals surface area contributed by atoms with Gasteiger partial charge in [-0.05, 0) is 25.0 Å². The van der Waals surface area contributed by atoms with Gasteiger partial charge in [0.2, 0.25) is 0 Å². The molecule has 0 spiro atoms. The molecule has 0 saturated heterocycles. The topological polar surface area (TPSA) is 30.7 Å². The largest absolute Gasteiger partial charge is 0.183 e. The molecule has 0 aliphatic carbocycles. The van der Waals surface area contributed by atoms with Gasteiger partial charge in [0.1, 0.15) is 11.0 Å². The van der Waals surface area contributed by atoms with Crippen molar-refractivity contribution in [2.45, 2.75) is 13.5 Å². The molecule has 0 amide bonds. The van der Waals surface area contributed by atoms with E-state index in [1.165, 1.54) is 0 Å². The van der Waals surface area contributed by atoms with Crippen LogP contribution < -0.4 is 0 Å². The summed E-state index contributed by atoms with van der Waals surface area (Å²) < 4.78 is 0. The molecule has 13 heavy (non-hydrogen) atoms. The number of rotatable bonds is 2. The number of benzene rings is 1. The molecule has 1 aromatic carbocycles. The van der Waals surface area contributed by atoms with Gasteiger partial charge in [-0.25, -0.2) is 0 Å². The second-order valence-corrected chi connectivity index (χ2v) is 3.35. The molecule has 0 N–H and O–H groups in total. The van der Waals surface area contributed by atoms with E-state index in [1.54, 1.807) is 4.80 Å². The number of nitrogens with zero attached hydrogens (tertiary/aromatic N) is 3. The fourth-order valence-electron chi connectivity index (χ4n) is 1.26. The lowest BCUT2D eigenvalue weighted by atomic mass is 10.2. The van der Waals surface area contributed by atoms with Crippen LogP contribution in [0.2, 0.25) is 0 Å². The Morgan fingerprint density at radius 1 is 1.31 bits per heavy atom. The second kappa shape index (κ2) is 3.17. The monoisotopic (exact) mass is 174 g/mol. The van der Waals surface area contributed by atoms with Gasteiger partial charge < -0.3 is 0 Å². The van der Waals surface area contributed by atoms with Gasteiger partial charge in [0.15, 0.2) is 0 Å². The number of fused-ring (bicyclic) bond motifs is 1. The van der Waals surface area contributed by atoms with Crippen LogP contribution in [-0.2, 0) is 6.54 Å². The Morgan fingerprint density at radius 2 is 1.85 bits per heavy atom. The molecular weight excluding hydrogens is 162 g/mol. The van der Waals surface area contributed by atoms with Crippen LogP contribution in [0, 0.1) is 12.8 Å². The van der Waals surface area contributed by atoms with Crippen LogP contribution in [0.3, 0.4) is 0 Å². The van der Waals surface area contributed by atoms with E-state index in [4.69, 9.17) is 0 Å². The predicted octanol–water partition coefficient (Wildman–Crippen LogP) is 1.90. The summed E-state index contributed by atoms with van der Waals surface area (Å²) in [5, 5.41) is 8.64. The van der Waals surface area contributed by atoms with E-state index in [0.717, 1.165) is 17.6 Å². The third-order valence-corrected chi connectivity index (χ3v) is 1.80. The lowest BCUT2D eigenvalue weighted by Crippen LogP contribution is -2.07. The Morgan fingerprint density at radius 3 is 2.31 bits per heavy atom. The van der Waals surface area contributed by atoms with Crippen LogP contribution in [0.4, 0.5) is 0 Å². The normalized spacial score (nSPS) is 11.3. The summed E-state index contributed by atoms with van der Waals surface area (Å²) in [4.78, 5) is 1.71. The fourth-order valence-corrected chi connectivity index (χ4v) is 1.26. The highest BCUT2D eigenvalue weighted by Gasteiger charge is 2.02. The molecule has 3 nitrogen and oxygen atoms in total. The maximum absolute atomic E-state index is 4.32. The molecule has 1 aromatic heterocycles. The molecule has 2 aromatic rings. The first-order valence-electron chi connectivity index (χ1n) is 4.38. The maximum Gasteiger partial charge on any atom is 0.113 e. The summed E-state index contributed by atoms with van der Waals surface area (Å²) in [7, 11) is 0. The molecule has 1 heterocycles. The quantitative estimate of drug-likeness (QED) is 0.696. The lowest BCUT2D eigenvalue weighted by Gasteiger charge is -2.00. The Hall–Kier alpha value is -1.38. The number of hydrogen-bond acceptors (Lipinski definition) is 2. The zero-order chi connectivity index (χ0) is 9.26. The molecule has 67 valence electrons. The van der Waals surface area contributed by atoms with Crippen molar-refractivity contribution in [3.8, 4) is 0 Å². The smallest absolute Gasteiger partial charge is 0.113 e. The molecular formula is C10H12N3. The van der Waals surface area contributed by atoms with Crippen LogP contribution in [0.5, 0.6) is 0 Å². The second-order valence-electron chi connectivity index (χ2n) is 3.35. The van der Waals surface area contributed by atoms with Gasteiger partial charge in [0.05, 0.1) is 6.54 Å². The van der Waals surface area contributed by atoms with Crippen molar-refractivity contribution in [2.24, 2.45) is 5.92 Å². The molecule has 1 unspecified atom stereocenters. The highest BCUT2D eigenvalue weighted by Crippen LogP contribution is 2.07. The summed E-state index contributed by atoms with van der Waals surface area (Å²) in [5.41, 5.74) is 1.89. The van der Waals surface area contributed by atoms with Gasteiger partial charge in [0, 0.05) is 0 Å². The third kappa shape index (κ3) is 1.69. The molecule has 0 fully saturated rings. The Labute approximate surface area is 77.4 Å². The minimum absolute atomic E-state index is 0.335. The molecule has 2 rings (SSSR count). The van der Waals surface area contributed by atoms with Crippen LogP contribution in [0.15, 0.2) is 24.3 Å². The average Bonchev–Trinajstić information content (AvgIpc) is 2.44. The van der Waals surface area contributed by atoms with Crippen molar-refractivity contribution in [1.29, 1.82) is 0 Å². The van der Waals surface area contributed by atoms with Crippen molar-refractivity contribution in [3.05, 3.63) is 31.2 Å². The van der Waals surface area contributed by atoms with Gasteiger partial charge >= 0.3 is 0 Å². The van der Waals surface area contributed by atoms with E-state index in [1.807, 2.05) is 31.2 Å². The van der Waals surface area contributed by atoms with Gasteiger partial charge in [-0.2, -0.15) is 15.0 Å². The molecule has 1 atom stereocenters. The van der Waals surface area contributed by atoms with E-state index in [0.29, 0.717) is 5.92 Å². The van der Waals surface area contributed by atoms with E-state index in [2.05, 4.69) is 17.1 Å². The van der Waals surface area contributed by atoms with Crippen LogP contribution in [0.1, 0.15) is 6.92 Å². The standard InChI is InChI=1S/C10H12N3/c1-8(2)7-13-11-9-5-3-4-6-10(9)12-13/h3-6,8H,1,7H2,2H3. The first-order chi connectivity index (χ1) is 6.25. The van der Waals surface area contributed by atoms with Gasteiger partial charge in [-0.15, -0.1) is 0 Å². The number of aromatic nitrogens is 3. The Bertz CT molecular complexity index is 370. The fraction of sp³-hybridized carbons (Fsp3) is 0.300. The summed E-state index contributed by atoms with van der Waals surface area (Å²) >= 11 is 0. The minimum atomic E-state index is 0.335. The van der Waals surface area contributed by atoms with E-state index in [-0.39, 0.29) is 0 Å². The third-order valence-electron chi connectivity index (χ3n) is 1.80. The van der Waals surface area contributed by atoms with Crippen LogP contribution in [0.25, 0.3) is 11.0 Å². The van der Waals surface area contributed by atoms with Gasteiger partial charge in [-0.3, -0.25) is 0 Å². The average molecular weight is 174 g/mol. The van der Waals surface area contributed by atoms with Gasteiger partial charge in [0.25, 0.3) is 0 Å². The van der Waals surface area contributed by atoms with Crippen molar-refractivity contribution in [3.63, 3.8) is 0 Å². The maximum atomic E-state index is 4.32. The Balaban J connectivity index is 2.38. The van der Waals surface area contributed by atoms with Crippen molar-refractivity contribution in [2.75, 3.05) is 0 Å². The zero-order valence-electron chi connectivity index (χ0n) is 7.64. The van der Waals surface area contributed by atoms with Gasteiger partial charge in [-0.1, -0.05) is 19.1 Å². The number of hydrogen-bond donors (Lipinski definition) is 0. The van der Waals surface area contributed by atoms with E-state index >= 15 is 0 Å². The molecule has 0 saturated carbocycles. The molecule has 0 aliphatic heterocycles. The van der Waals surface area contributed by atoms with E-state index < -0.39 is 0 Å². The van der Waals surface area contributed by atoms with Crippen LogP contribution >= 0.6 is 0 Å². The van der Waals surface area contributed by atoms with Crippen molar-refractivity contribution in [1.82, 2.24) is 15.0 Å². The zero-order valence-corrected chi connectivity index (χ0v) is 7.64. The van der Waals surface area contributed by atoms with Crippen molar-refractivity contribution >= 4 is 11.0 Å². The molecule has 3 heteroatoms. The highest BCUT2D eigenvalue weighted by molar-refractivity contribution is 5.72. The highest BCUT2D eigenvalue weighted by atomic mass is 15.5. The first-order valence-corrected chi connectivity index (χ1v) is 4.38. The van der Waals surface area contributed by atoms with Crippen molar-refractivity contribution < 1.29 is 0 Å². The summed E-state index contributed by atoms with van der Waals surface area (Å²) in [6.45, 7) is 6.73. The van der Waals surface area contributed by atoms with Crippen LogP contribution in [-0.4, -0.2) is 15.0 Å². The SMILES string of the molecule is [CH2]C(C)Cn1nc2ccccc2n1. The Kier molecular flexibility index (Phi) is 2.00. The molecule has 0 aliphatic rings. The molecule has 0 bridgehead atoms. The predicted molar refractivity (Wildman–Crippen MR) is 52.0 cm³/mol. The lowest BCUT2D eigenvalue weighted by molar-refractivity contribution is 0.469. The summed E-state index contributed by atoms with van der Waals surface area (Å²) in [5.74, 6) is 0.335. The minimum Gasteiger partial charge on any atom is -0.183 e. The molecule has 1 radical (unpaired) electrons. The van der Waals surface area contributed by atoms with E-state index in [9.17, 15) is 0 Å². The summed E-state index contributed by atoms with van der Waals surface area (Å²) in [6, 6.07) is 7.86.